The van der Waals surface area contributed by atoms with E-state index >= 15 is 0 Å². The highest BCUT2D eigenvalue weighted by atomic mass is 16.5. The number of carboxylic acid groups (broad SMARTS) is 1. The molecule has 5 heteroatoms. The monoisotopic (exact) mass is 198 g/mol. The van der Waals surface area contributed by atoms with Crippen molar-refractivity contribution in [2.24, 2.45) is 0 Å². The number of carboxylic acids is 1. The lowest BCUT2D eigenvalue weighted by molar-refractivity contribution is 0.0692. The summed E-state index contributed by atoms with van der Waals surface area (Å²) in [4.78, 5) is 10.8. The fraction of sp³-hybridized carbons (Fsp3) is 0.556. The normalized spacial score (nSPS) is 11.4. The van der Waals surface area contributed by atoms with Gasteiger partial charge in [0.1, 0.15) is 5.56 Å². The summed E-state index contributed by atoms with van der Waals surface area (Å²) in [7, 11) is 1.44. The van der Waals surface area contributed by atoms with Crippen LogP contribution >= 0.6 is 0 Å². The summed E-state index contributed by atoms with van der Waals surface area (Å²) in [6.07, 6.45) is 1.30. The van der Waals surface area contributed by atoms with Gasteiger partial charge in [0.2, 0.25) is 5.88 Å². The average Bonchev–Trinajstić information content (AvgIpc) is 2.45. The van der Waals surface area contributed by atoms with Gasteiger partial charge >= 0.3 is 5.97 Å². The van der Waals surface area contributed by atoms with Crippen LogP contribution in [0, 0.1) is 0 Å². The molecule has 1 N–H and O–H groups in total. The van der Waals surface area contributed by atoms with Crippen molar-refractivity contribution < 1.29 is 14.6 Å². The number of hydrogen-bond acceptors (Lipinski definition) is 3. The number of methoxy groups -OCH3 is 1. The molecule has 0 aromatic carbocycles. The molecule has 14 heavy (non-hydrogen) atoms. The zero-order valence-electron chi connectivity index (χ0n) is 8.74. The summed E-state index contributed by atoms with van der Waals surface area (Å²) in [5, 5.41) is 12.8. The van der Waals surface area contributed by atoms with Crippen molar-refractivity contribution in [1.29, 1.82) is 0 Å². The molecule has 0 aliphatic carbocycles. The lowest BCUT2D eigenvalue weighted by Gasteiger charge is -2.21. The second kappa shape index (κ2) is 3.32. The van der Waals surface area contributed by atoms with E-state index in [1.54, 1.807) is 4.68 Å². The van der Waals surface area contributed by atoms with Crippen LogP contribution in [0.1, 0.15) is 31.1 Å². The van der Waals surface area contributed by atoms with Crippen molar-refractivity contribution in [2.75, 3.05) is 7.11 Å². The van der Waals surface area contributed by atoms with Gasteiger partial charge in [-0.15, -0.1) is 0 Å². The van der Waals surface area contributed by atoms with Crippen LogP contribution in [-0.4, -0.2) is 28.0 Å². The summed E-state index contributed by atoms with van der Waals surface area (Å²) in [6, 6.07) is 0. The Morgan fingerprint density at radius 2 is 2.14 bits per heavy atom. The Balaban J connectivity index is 3.28. The molecule has 0 aliphatic heterocycles. The summed E-state index contributed by atoms with van der Waals surface area (Å²) in [5.41, 5.74) is -0.207. The highest BCUT2D eigenvalue weighted by molar-refractivity contribution is 5.90. The molecule has 0 radical (unpaired) electrons. The molecule has 0 aliphatic rings. The highest BCUT2D eigenvalue weighted by Crippen LogP contribution is 2.25. The van der Waals surface area contributed by atoms with Crippen molar-refractivity contribution in [2.45, 2.75) is 26.3 Å². The van der Waals surface area contributed by atoms with E-state index in [1.165, 1.54) is 13.3 Å². The number of aromatic carboxylic acids is 1. The van der Waals surface area contributed by atoms with Gasteiger partial charge in [0.15, 0.2) is 0 Å². The molecule has 1 aromatic rings. The first-order valence-corrected chi connectivity index (χ1v) is 4.23. The van der Waals surface area contributed by atoms with Crippen LogP contribution in [0.3, 0.4) is 0 Å². The third-order valence-corrected chi connectivity index (χ3v) is 1.78. The SMILES string of the molecule is COc1c(C(=O)O)cnn1C(C)(C)C. The molecule has 0 saturated carbocycles. The fourth-order valence-electron chi connectivity index (χ4n) is 1.16. The van der Waals surface area contributed by atoms with Crippen LogP contribution in [-0.2, 0) is 5.54 Å². The Morgan fingerprint density at radius 3 is 2.50 bits per heavy atom. The zero-order chi connectivity index (χ0) is 10.9. The summed E-state index contributed by atoms with van der Waals surface area (Å²) in [5.74, 6) is -0.748. The molecule has 1 heterocycles. The first-order valence-electron chi connectivity index (χ1n) is 4.23. The van der Waals surface area contributed by atoms with E-state index in [1.807, 2.05) is 20.8 Å². The number of ether oxygens (including phenoxy) is 1. The Kier molecular flexibility index (Phi) is 2.51. The third-order valence-electron chi connectivity index (χ3n) is 1.78. The van der Waals surface area contributed by atoms with Gasteiger partial charge in [0, 0.05) is 0 Å². The Hall–Kier alpha value is -1.52. The van der Waals surface area contributed by atoms with Gasteiger partial charge in [0.25, 0.3) is 0 Å². The topological polar surface area (TPSA) is 64.3 Å². The van der Waals surface area contributed by atoms with Gasteiger partial charge < -0.3 is 9.84 Å². The molecule has 1 aromatic heterocycles. The quantitative estimate of drug-likeness (QED) is 0.778. The minimum absolute atomic E-state index is 0.0856. The van der Waals surface area contributed by atoms with Gasteiger partial charge in [-0.3, -0.25) is 0 Å². The van der Waals surface area contributed by atoms with E-state index in [4.69, 9.17) is 9.84 Å². The first kappa shape index (κ1) is 10.6. The smallest absolute Gasteiger partial charge is 0.342 e. The highest BCUT2D eigenvalue weighted by Gasteiger charge is 2.24. The number of carbonyl (C=O) groups is 1. The second-order valence-electron chi connectivity index (χ2n) is 3.96. The number of rotatable bonds is 2. The van der Waals surface area contributed by atoms with Crippen molar-refractivity contribution in [1.82, 2.24) is 9.78 Å². The second-order valence-corrected chi connectivity index (χ2v) is 3.96. The van der Waals surface area contributed by atoms with Crippen LogP contribution in [0.2, 0.25) is 0 Å². The van der Waals surface area contributed by atoms with E-state index in [-0.39, 0.29) is 17.0 Å². The van der Waals surface area contributed by atoms with Crippen molar-refractivity contribution >= 4 is 5.97 Å². The van der Waals surface area contributed by atoms with Gasteiger partial charge in [-0.1, -0.05) is 0 Å². The minimum atomic E-state index is -1.03. The first-order chi connectivity index (χ1) is 6.38. The number of hydrogen-bond donors (Lipinski definition) is 1. The molecule has 0 atom stereocenters. The van der Waals surface area contributed by atoms with E-state index < -0.39 is 5.97 Å². The van der Waals surface area contributed by atoms with Crippen molar-refractivity contribution in [3.63, 3.8) is 0 Å². The van der Waals surface area contributed by atoms with Crippen LogP contribution in [0.25, 0.3) is 0 Å². The van der Waals surface area contributed by atoms with Crippen LogP contribution in [0.4, 0.5) is 0 Å². The fourth-order valence-corrected chi connectivity index (χ4v) is 1.16. The van der Waals surface area contributed by atoms with Gasteiger partial charge in [-0.2, -0.15) is 5.10 Å². The molecule has 1 rings (SSSR count). The molecule has 78 valence electrons. The summed E-state index contributed by atoms with van der Waals surface area (Å²) < 4.78 is 6.58. The molecule has 0 saturated heterocycles. The Morgan fingerprint density at radius 1 is 1.57 bits per heavy atom. The number of aromatic nitrogens is 2. The largest absolute Gasteiger partial charge is 0.481 e. The van der Waals surface area contributed by atoms with Gasteiger partial charge in [-0.25, -0.2) is 9.48 Å². The Bertz CT molecular complexity index is 349. The average molecular weight is 198 g/mol. The molecule has 0 amide bonds. The van der Waals surface area contributed by atoms with Crippen LogP contribution < -0.4 is 4.74 Å². The summed E-state index contributed by atoms with van der Waals surface area (Å²) >= 11 is 0. The molecule has 5 nitrogen and oxygen atoms in total. The zero-order valence-corrected chi connectivity index (χ0v) is 8.74. The Labute approximate surface area is 82.3 Å². The summed E-state index contributed by atoms with van der Waals surface area (Å²) in [6.45, 7) is 5.77. The molecule has 0 bridgehead atoms. The lowest BCUT2D eigenvalue weighted by atomic mass is 10.1. The predicted molar refractivity (Wildman–Crippen MR) is 50.7 cm³/mol. The maximum Gasteiger partial charge on any atom is 0.342 e. The van der Waals surface area contributed by atoms with Gasteiger partial charge in [0.05, 0.1) is 18.8 Å². The van der Waals surface area contributed by atoms with Crippen LogP contribution in [0.15, 0.2) is 6.20 Å². The molecule has 0 spiro atoms. The third kappa shape index (κ3) is 1.71. The lowest BCUT2D eigenvalue weighted by Crippen LogP contribution is -2.24. The molecule has 0 fully saturated rings. The minimum Gasteiger partial charge on any atom is -0.481 e. The molecule has 0 unspecified atom stereocenters. The van der Waals surface area contributed by atoms with Crippen molar-refractivity contribution in [3.05, 3.63) is 11.8 Å². The molecular formula is C9H14N2O3. The number of nitrogens with zero attached hydrogens (tertiary/aromatic N) is 2. The van der Waals surface area contributed by atoms with Gasteiger partial charge in [-0.05, 0) is 20.8 Å². The van der Waals surface area contributed by atoms with E-state index in [0.717, 1.165) is 0 Å². The van der Waals surface area contributed by atoms with E-state index in [2.05, 4.69) is 5.10 Å². The van der Waals surface area contributed by atoms with E-state index in [0.29, 0.717) is 0 Å². The maximum absolute atomic E-state index is 10.8. The maximum atomic E-state index is 10.8. The standard InChI is InChI=1S/C9H14N2O3/c1-9(2,3)11-7(14-4)6(5-10-11)8(12)13/h5H,1-4H3,(H,12,13). The predicted octanol–water partition coefficient (Wildman–Crippen LogP) is 1.34. The van der Waals surface area contributed by atoms with Crippen molar-refractivity contribution in [3.8, 4) is 5.88 Å². The molecular weight excluding hydrogens is 184 g/mol. The van der Waals surface area contributed by atoms with Crippen LogP contribution in [0.5, 0.6) is 5.88 Å². The van der Waals surface area contributed by atoms with E-state index in [9.17, 15) is 4.79 Å².